The molecular weight excluding hydrogens is 846 g/mol. The fourth-order valence-corrected chi connectivity index (χ4v) is 10.6. The number of nitrogens with zero attached hydrogens (tertiary/aromatic N) is 3. The Morgan fingerprint density at radius 3 is 2.44 bits per heavy atom. The summed E-state index contributed by atoms with van der Waals surface area (Å²) in [6.07, 6.45) is 4.08. The average Bonchev–Trinajstić information content (AvgIpc) is 4.14. The first-order valence-corrected chi connectivity index (χ1v) is 23.7. The summed E-state index contributed by atoms with van der Waals surface area (Å²) in [5.41, 5.74) is -1.84. The van der Waals surface area contributed by atoms with E-state index in [0.29, 0.717) is 59.9 Å². The van der Waals surface area contributed by atoms with Crippen molar-refractivity contribution in [3.05, 3.63) is 60.4 Å². The third-order valence-electron chi connectivity index (χ3n) is 12.7. The van der Waals surface area contributed by atoms with Crippen molar-refractivity contribution in [2.45, 2.75) is 134 Å². The fraction of sp³-hybridized carbons (Fsp3) is 0.553. The number of carbonyl (C=O) groups excluding carboxylic acids is 3. The summed E-state index contributed by atoms with van der Waals surface area (Å²) in [4.78, 5) is 64.5. The van der Waals surface area contributed by atoms with E-state index in [1.165, 1.54) is 24.1 Å². The van der Waals surface area contributed by atoms with Crippen LogP contribution in [0.15, 0.2) is 54.6 Å². The number of rotatable bonds is 10. The van der Waals surface area contributed by atoms with Crippen molar-refractivity contribution in [2.75, 3.05) is 13.7 Å². The number of pyridine rings is 1. The Balaban J connectivity index is 1.30. The molecule has 7 atom stereocenters. The van der Waals surface area contributed by atoms with Crippen molar-refractivity contribution >= 4 is 44.6 Å². The highest BCUT2D eigenvalue weighted by Crippen LogP contribution is 2.46. The van der Waals surface area contributed by atoms with E-state index in [9.17, 15) is 27.9 Å². The summed E-state index contributed by atoms with van der Waals surface area (Å²) in [5, 5.41) is 14.1. The summed E-state index contributed by atoms with van der Waals surface area (Å²) in [6.45, 7) is 12.5. The standard InChI is InChI=1S/C47H60FN5O10S/c1-26(2)62-39-18-13-29(21-36(39)48)37-22-30-20-32(61-8)14-17-35(30)42(49-37)63-33-23-38-41(54)50-47(44(56)51-64(59,60)34-15-16-34)24-31(47)12-10-9-11-27(3)19-28(4)40(43(55)52(38)25-33)53(45(57)58)46(5,6)7/h10,12-14,17-18,20-22,26-28,31,33-34,38,40H,9,11,15-16,19,23-25H2,1-8H3,(H,50,54)(H,51,56)(H,57,58)/b12-10-/t27-,28-,31-,33-,38+,40+,47-/m1/s1. The zero-order valence-corrected chi connectivity index (χ0v) is 38.5. The molecule has 3 aromatic rings. The zero-order chi connectivity index (χ0) is 46.5. The summed E-state index contributed by atoms with van der Waals surface area (Å²) >= 11 is 0. The predicted octanol–water partition coefficient (Wildman–Crippen LogP) is 6.83. The topological polar surface area (TPSA) is 194 Å². The van der Waals surface area contributed by atoms with Crippen LogP contribution in [0.2, 0.25) is 0 Å². The van der Waals surface area contributed by atoms with Crippen LogP contribution >= 0.6 is 0 Å². The molecule has 4 aliphatic rings. The Hall–Kier alpha value is -5.45. The Morgan fingerprint density at radius 1 is 1.06 bits per heavy atom. The summed E-state index contributed by atoms with van der Waals surface area (Å²) < 4.78 is 61.4. The van der Waals surface area contributed by atoms with E-state index in [1.54, 1.807) is 65.0 Å². The van der Waals surface area contributed by atoms with Gasteiger partial charge in [-0.05, 0) is 133 Å². The first kappa shape index (κ1) is 46.5. The number of methoxy groups -OCH3 is 1. The lowest BCUT2D eigenvalue weighted by atomic mass is 9.85. The van der Waals surface area contributed by atoms with Gasteiger partial charge in [-0.15, -0.1) is 0 Å². The third kappa shape index (κ3) is 9.78. The molecule has 64 heavy (non-hydrogen) atoms. The minimum Gasteiger partial charge on any atom is -0.497 e. The first-order valence-electron chi connectivity index (χ1n) is 22.1. The summed E-state index contributed by atoms with van der Waals surface area (Å²) in [5.74, 6) is -2.91. The number of carboxylic acid groups (broad SMARTS) is 1. The normalized spacial score (nSPS) is 27.1. The Labute approximate surface area is 374 Å². The van der Waals surface area contributed by atoms with E-state index in [2.05, 4.69) is 10.0 Å². The molecule has 1 saturated heterocycles. The van der Waals surface area contributed by atoms with E-state index >= 15 is 9.18 Å². The van der Waals surface area contributed by atoms with Gasteiger partial charge in [0.25, 0.3) is 5.91 Å². The number of amides is 4. The second-order valence-electron chi connectivity index (χ2n) is 19.2. The number of sulfonamides is 1. The maximum absolute atomic E-state index is 15.3. The number of nitrogens with one attached hydrogen (secondary N) is 2. The van der Waals surface area contributed by atoms with Crippen LogP contribution in [0.1, 0.15) is 93.4 Å². The van der Waals surface area contributed by atoms with Crippen LogP contribution in [0, 0.1) is 23.6 Å². The van der Waals surface area contributed by atoms with Crippen LogP contribution in [0.5, 0.6) is 17.4 Å². The number of halogens is 1. The average molecular weight is 906 g/mol. The summed E-state index contributed by atoms with van der Waals surface area (Å²) in [6, 6.07) is 9.10. The number of aromatic nitrogens is 1. The molecule has 2 aliphatic carbocycles. The Bertz CT molecular complexity index is 2450. The van der Waals surface area contributed by atoms with Crippen LogP contribution < -0.4 is 24.2 Å². The van der Waals surface area contributed by atoms with Gasteiger partial charge in [0.05, 0.1) is 30.7 Å². The zero-order valence-electron chi connectivity index (χ0n) is 37.7. The monoisotopic (exact) mass is 905 g/mol. The van der Waals surface area contributed by atoms with E-state index < -0.39 is 86.0 Å². The molecule has 0 radical (unpaired) electrons. The second kappa shape index (κ2) is 17.8. The van der Waals surface area contributed by atoms with E-state index in [-0.39, 0.29) is 43.0 Å². The number of hydrogen-bond acceptors (Lipinski definition) is 10. The molecule has 7 rings (SSSR count). The number of benzene rings is 2. The lowest BCUT2D eigenvalue weighted by molar-refractivity contribution is -0.146. The van der Waals surface area contributed by atoms with E-state index in [4.69, 9.17) is 19.2 Å². The van der Waals surface area contributed by atoms with Crippen molar-refractivity contribution in [3.8, 4) is 28.6 Å². The largest absolute Gasteiger partial charge is 0.497 e. The van der Waals surface area contributed by atoms with Crippen molar-refractivity contribution in [2.24, 2.45) is 17.8 Å². The lowest BCUT2D eigenvalue weighted by Gasteiger charge is -2.43. The van der Waals surface area contributed by atoms with Crippen molar-refractivity contribution in [1.29, 1.82) is 0 Å². The van der Waals surface area contributed by atoms with Gasteiger partial charge in [-0.3, -0.25) is 24.0 Å². The molecule has 3 heterocycles. The minimum atomic E-state index is -3.97. The molecule has 3 fully saturated rings. The molecular formula is C47H60FN5O10S. The number of allylic oxidation sites excluding steroid dienone is 1. The molecule has 1 aromatic heterocycles. The highest BCUT2D eigenvalue weighted by atomic mass is 32.2. The van der Waals surface area contributed by atoms with E-state index in [1.807, 2.05) is 26.0 Å². The fourth-order valence-electron chi connectivity index (χ4n) is 9.20. The molecule has 0 spiro atoms. The number of carbonyl (C=O) groups is 4. The van der Waals surface area contributed by atoms with Gasteiger partial charge in [-0.2, -0.15) is 0 Å². The number of hydrogen-bond donors (Lipinski definition) is 3. The quantitative estimate of drug-likeness (QED) is 0.181. The second-order valence-corrected chi connectivity index (χ2v) is 21.2. The minimum absolute atomic E-state index is 0.0644. The third-order valence-corrected chi connectivity index (χ3v) is 14.5. The van der Waals surface area contributed by atoms with Crippen LogP contribution in [-0.4, -0.2) is 106 Å². The van der Waals surface area contributed by atoms with Crippen molar-refractivity contribution in [1.82, 2.24) is 24.8 Å². The maximum atomic E-state index is 15.3. The van der Waals surface area contributed by atoms with Gasteiger partial charge in [0.2, 0.25) is 27.7 Å². The smallest absolute Gasteiger partial charge is 0.408 e. The first-order chi connectivity index (χ1) is 30.1. The molecule has 0 unspecified atom stereocenters. The maximum Gasteiger partial charge on any atom is 0.408 e. The van der Waals surface area contributed by atoms with Crippen molar-refractivity contribution < 1.29 is 51.3 Å². The van der Waals surface area contributed by atoms with Gasteiger partial charge in [-0.1, -0.05) is 26.0 Å². The molecule has 15 nitrogen and oxygen atoms in total. The van der Waals surface area contributed by atoms with Gasteiger partial charge >= 0.3 is 6.09 Å². The van der Waals surface area contributed by atoms with Gasteiger partial charge in [0.1, 0.15) is 29.5 Å². The summed E-state index contributed by atoms with van der Waals surface area (Å²) in [7, 11) is -2.44. The predicted molar refractivity (Wildman–Crippen MR) is 238 cm³/mol. The highest BCUT2D eigenvalue weighted by Gasteiger charge is 2.62. The van der Waals surface area contributed by atoms with Crippen LogP contribution in [0.4, 0.5) is 9.18 Å². The number of ether oxygens (including phenoxy) is 3. The van der Waals surface area contributed by atoms with Crippen LogP contribution in [-0.2, 0) is 24.4 Å². The SMILES string of the molecule is COc1ccc2c(O[C@@H]3C[C@H]4C(=O)N[C@]5(C(=O)NS(=O)(=O)C6CC6)C[C@H]5/C=C\CC[C@@H](C)C[C@@H](C)[C@H](N(C(=O)O)C(C)(C)C)C(=O)N4C3)nc(-c3ccc(OC(C)C)c(F)c3)cc2c1. The molecule has 17 heteroatoms. The molecule has 346 valence electrons. The van der Waals surface area contributed by atoms with Crippen LogP contribution in [0.25, 0.3) is 22.0 Å². The lowest BCUT2D eigenvalue weighted by Crippen LogP contribution is -2.62. The molecule has 2 aliphatic heterocycles. The Morgan fingerprint density at radius 2 is 1.80 bits per heavy atom. The van der Waals surface area contributed by atoms with Gasteiger partial charge in [-0.25, -0.2) is 22.6 Å². The van der Waals surface area contributed by atoms with Gasteiger partial charge in [0.15, 0.2) is 11.6 Å². The molecule has 3 N–H and O–H groups in total. The van der Waals surface area contributed by atoms with Crippen molar-refractivity contribution in [3.63, 3.8) is 0 Å². The van der Waals surface area contributed by atoms with Gasteiger partial charge < -0.3 is 29.5 Å². The Kier molecular flexibility index (Phi) is 13.0. The molecule has 2 aromatic carbocycles. The highest BCUT2D eigenvalue weighted by molar-refractivity contribution is 7.91. The molecule has 0 bridgehead atoms. The molecule has 4 amide bonds. The van der Waals surface area contributed by atoms with Crippen LogP contribution in [0.3, 0.4) is 0 Å². The van der Waals surface area contributed by atoms with E-state index in [0.717, 1.165) is 4.90 Å². The number of fused-ring (bicyclic) bond motifs is 3. The molecule has 2 saturated carbocycles. The van der Waals surface area contributed by atoms with Gasteiger partial charge in [0, 0.05) is 28.8 Å².